The Kier molecular flexibility index (Phi) is 7.95. The van der Waals surface area contributed by atoms with Gasteiger partial charge >= 0.3 is 0 Å². The zero-order chi connectivity index (χ0) is 18.9. The standard InChI is InChI=1S/C21H32N2O3/c1-4-16-26-19-10-8-18(9-11-19)21(25)23-13-7-12-22(14-15-23)20(24)17(5-2)6-3/h8-11,17H,4-7,12-16H2,1-3H3. The minimum Gasteiger partial charge on any atom is -0.494 e. The van der Waals surface area contributed by atoms with Gasteiger partial charge in [-0.1, -0.05) is 20.8 Å². The van der Waals surface area contributed by atoms with Gasteiger partial charge < -0.3 is 14.5 Å². The molecule has 0 saturated carbocycles. The number of hydrogen-bond acceptors (Lipinski definition) is 3. The fourth-order valence-electron chi connectivity index (χ4n) is 3.33. The molecular weight excluding hydrogens is 328 g/mol. The van der Waals surface area contributed by atoms with Crippen LogP contribution < -0.4 is 4.74 Å². The monoisotopic (exact) mass is 360 g/mol. The van der Waals surface area contributed by atoms with Crippen LogP contribution in [0, 0.1) is 5.92 Å². The predicted molar refractivity (Wildman–Crippen MR) is 103 cm³/mol. The van der Waals surface area contributed by atoms with Gasteiger partial charge in [-0.15, -0.1) is 0 Å². The number of ether oxygens (including phenoxy) is 1. The van der Waals surface area contributed by atoms with Crippen molar-refractivity contribution in [1.82, 2.24) is 9.80 Å². The number of carbonyl (C=O) groups is 2. The van der Waals surface area contributed by atoms with Crippen LogP contribution in [0.2, 0.25) is 0 Å². The molecule has 2 rings (SSSR count). The summed E-state index contributed by atoms with van der Waals surface area (Å²) in [5, 5.41) is 0. The molecule has 0 bridgehead atoms. The van der Waals surface area contributed by atoms with E-state index in [1.54, 1.807) is 0 Å². The van der Waals surface area contributed by atoms with Crippen molar-refractivity contribution in [1.29, 1.82) is 0 Å². The molecule has 0 aromatic heterocycles. The smallest absolute Gasteiger partial charge is 0.253 e. The summed E-state index contributed by atoms with van der Waals surface area (Å²) < 4.78 is 5.57. The van der Waals surface area contributed by atoms with Crippen molar-refractivity contribution in [3.8, 4) is 5.75 Å². The van der Waals surface area contributed by atoms with Crippen molar-refractivity contribution in [2.45, 2.75) is 46.5 Å². The molecule has 2 amide bonds. The normalized spacial score (nSPS) is 15.1. The molecule has 1 aromatic carbocycles. The van der Waals surface area contributed by atoms with E-state index in [2.05, 4.69) is 20.8 Å². The second kappa shape index (κ2) is 10.2. The summed E-state index contributed by atoms with van der Waals surface area (Å²) in [5.41, 5.74) is 0.675. The first-order valence-corrected chi connectivity index (χ1v) is 9.91. The fourth-order valence-corrected chi connectivity index (χ4v) is 3.33. The van der Waals surface area contributed by atoms with E-state index >= 15 is 0 Å². The number of rotatable bonds is 7. The lowest BCUT2D eigenvalue weighted by Gasteiger charge is -2.25. The molecule has 5 nitrogen and oxygen atoms in total. The van der Waals surface area contributed by atoms with E-state index in [4.69, 9.17) is 4.74 Å². The van der Waals surface area contributed by atoms with Gasteiger partial charge in [0.2, 0.25) is 5.91 Å². The van der Waals surface area contributed by atoms with Crippen molar-refractivity contribution >= 4 is 11.8 Å². The minimum absolute atomic E-state index is 0.0314. The summed E-state index contributed by atoms with van der Waals surface area (Å²) in [6, 6.07) is 7.35. The van der Waals surface area contributed by atoms with Gasteiger partial charge in [0.15, 0.2) is 0 Å². The van der Waals surface area contributed by atoms with Crippen LogP contribution in [-0.4, -0.2) is 54.4 Å². The largest absolute Gasteiger partial charge is 0.494 e. The highest BCUT2D eigenvalue weighted by atomic mass is 16.5. The van der Waals surface area contributed by atoms with Crippen molar-refractivity contribution in [2.75, 3.05) is 32.8 Å². The van der Waals surface area contributed by atoms with Crippen LogP contribution in [0.25, 0.3) is 0 Å². The number of benzene rings is 1. The molecule has 144 valence electrons. The average molecular weight is 360 g/mol. The first-order chi connectivity index (χ1) is 12.6. The van der Waals surface area contributed by atoms with E-state index in [0.717, 1.165) is 38.0 Å². The predicted octanol–water partition coefficient (Wildman–Crippen LogP) is 3.59. The Labute approximate surface area is 157 Å². The van der Waals surface area contributed by atoms with E-state index in [9.17, 15) is 9.59 Å². The summed E-state index contributed by atoms with van der Waals surface area (Å²) in [7, 11) is 0. The summed E-state index contributed by atoms with van der Waals surface area (Å²) in [5.74, 6) is 1.17. The lowest BCUT2D eigenvalue weighted by molar-refractivity contribution is -0.135. The Hall–Kier alpha value is -2.04. The number of amides is 2. The quantitative estimate of drug-likeness (QED) is 0.747. The van der Waals surface area contributed by atoms with Gasteiger partial charge in [0, 0.05) is 37.7 Å². The highest BCUT2D eigenvalue weighted by Gasteiger charge is 2.26. The van der Waals surface area contributed by atoms with Gasteiger partial charge in [0.1, 0.15) is 5.75 Å². The number of hydrogen-bond donors (Lipinski definition) is 0. The Bertz CT molecular complexity index is 581. The van der Waals surface area contributed by atoms with Crippen LogP contribution >= 0.6 is 0 Å². The third kappa shape index (κ3) is 5.23. The Morgan fingerprint density at radius 3 is 2.19 bits per heavy atom. The second-order valence-corrected chi connectivity index (χ2v) is 6.86. The van der Waals surface area contributed by atoms with Crippen LogP contribution in [0.15, 0.2) is 24.3 Å². The second-order valence-electron chi connectivity index (χ2n) is 6.86. The van der Waals surface area contributed by atoms with E-state index in [1.807, 2.05) is 34.1 Å². The Morgan fingerprint density at radius 1 is 0.962 bits per heavy atom. The molecule has 0 radical (unpaired) electrons. The van der Waals surface area contributed by atoms with E-state index in [0.29, 0.717) is 31.8 Å². The van der Waals surface area contributed by atoms with Crippen LogP contribution in [-0.2, 0) is 4.79 Å². The highest BCUT2D eigenvalue weighted by Crippen LogP contribution is 2.17. The van der Waals surface area contributed by atoms with E-state index in [-0.39, 0.29) is 17.7 Å². The summed E-state index contributed by atoms with van der Waals surface area (Å²) >= 11 is 0. The maximum Gasteiger partial charge on any atom is 0.253 e. The van der Waals surface area contributed by atoms with Gasteiger partial charge in [-0.3, -0.25) is 9.59 Å². The molecule has 0 unspecified atom stereocenters. The lowest BCUT2D eigenvalue weighted by atomic mass is 10.0. The molecule has 1 aliphatic heterocycles. The summed E-state index contributed by atoms with van der Waals surface area (Å²) in [4.78, 5) is 29.2. The fraction of sp³-hybridized carbons (Fsp3) is 0.619. The molecule has 0 atom stereocenters. The SMILES string of the molecule is CCCOc1ccc(C(=O)N2CCCN(C(=O)C(CC)CC)CC2)cc1. The van der Waals surface area contributed by atoms with Gasteiger partial charge in [-0.25, -0.2) is 0 Å². The molecule has 1 aromatic rings. The molecule has 1 fully saturated rings. The van der Waals surface area contributed by atoms with E-state index in [1.165, 1.54) is 0 Å². The van der Waals surface area contributed by atoms with Gasteiger partial charge in [0.25, 0.3) is 5.91 Å². The maximum atomic E-state index is 12.8. The highest BCUT2D eigenvalue weighted by molar-refractivity contribution is 5.94. The van der Waals surface area contributed by atoms with Crippen molar-refractivity contribution < 1.29 is 14.3 Å². The minimum atomic E-state index is 0.0314. The van der Waals surface area contributed by atoms with Crippen LogP contribution in [0.1, 0.15) is 56.8 Å². The Morgan fingerprint density at radius 2 is 1.58 bits per heavy atom. The number of carbonyl (C=O) groups excluding carboxylic acids is 2. The maximum absolute atomic E-state index is 12.8. The first kappa shape index (κ1) is 20.3. The lowest BCUT2D eigenvalue weighted by Crippen LogP contribution is -2.39. The first-order valence-electron chi connectivity index (χ1n) is 9.91. The molecule has 5 heteroatoms. The Balaban J connectivity index is 1.95. The topological polar surface area (TPSA) is 49.9 Å². The summed E-state index contributed by atoms with van der Waals surface area (Å²) in [6.45, 7) is 9.52. The molecule has 0 N–H and O–H groups in total. The van der Waals surface area contributed by atoms with Crippen molar-refractivity contribution in [2.24, 2.45) is 5.92 Å². The zero-order valence-corrected chi connectivity index (χ0v) is 16.4. The van der Waals surface area contributed by atoms with E-state index < -0.39 is 0 Å². The van der Waals surface area contributed by atoms with Crippen LogP contribution in [0.5, 0.6) is 5.75 Å². The molecule has 1 heterocycles. The molecule has 26 heavy (non-hydrogen) atoms. The average Bonchev–Trinajstić information content (AvgIpc) is 2.93. The molecule has 1 aliphatic rings. The molecular formula is C21H32N2O3. The van der Waals surface area contributed by atoms with Gasteiger partial charge in [0.05, 0.1) is 6.61 Å². The van der Waals surface area contributed by atoms with Crippen LogP contribution in [0.3, 0.4) is 0 Å². The number of nitrogens with zero attached hydrogens (tertiary/aromatic N) is 2. The van der Waals surface area contributed by atoms with Gasteiger partial charge in [-0.2, -0.15) is 0 Å². The van der Waals surface area contributed by atoms with Crippen molar-refractivity contribution in [3.63, 3.8) is 0 Å². The molecule has 0 spiro atoms. The van der Waals surface area contributed by atoms with Gasteiger partial charge in [-0.05, 0) is 49.9 Å². The third-order valence-electron chi connectivity index (χ3n) is 5.00. The van der Waals surface area contributed by atoms with Crippen LogP contribution in [0.4, 0.5) is 0 Å². The molecule has 1 saturated heterocycles. The molecule has 0 aliphatic carbocycles. The zero-order valence-electron chi connectivity index (χ0n) is 16.4. The van der Waals surface area contributed by atoms with Crippen molar-refractivity contribution in [3.05, 3.63) is 29.8 Å². The third-order valence-corrected chi connectivity index (χ3v) is 5.00. The summed E-state index contributed by atoms with van der Waals surface area (Å²) in [6.07, 6.45) is 3.54.